The average Bonchev–Trinajstić information content (AvgIpc) is 2.95. The molecule has 2 aromatic carbocycles. The maximum Gasteiger partial charge on any atom is 0.255 e. The van der Waals surface area contributed by atoms with Crippen molar-refractivity contribution in [1.82, 2.24) is 15.1 Å². The van der Waals surface area contributed by atoms with Crippen molar-refractivity contribution in [3.63, 3.8) is 0 Å². The van der Waals surface area contributed by atoms with Gasteiger partial charge in [0.15, 0.2) is 12.3 Å². The highest BCUT2D eigenvalue weighted by atomic mass is 35.5. The molecule has 2 heterocycles. The van der Waals surface area contributed by atoms with Crippen LogP contribution in [-0.4, -0.2) is 43.5 Å². The molecule has 10 nitrogen and oxygen atoms in total. The van der Waals surface area contributed by atoms with Gasteiger partial charge in [-0.05, 0) is 48.2 Å². The zero-order valence-corrected chi connectivity index (χ0v) is 26.0. The third-order valence-corrected chi connectivity index (χ3v) is 9.29. The van der Waals surface area contributed by atoms with Crippen molar-refractivity contribution in [2.24, 2.45) is 0 Å². The number of hydrogen-bond donors (Lipinski definition) is 2. The molecule has 5 rings (SSSR count). The molecule has 1 aliphatic carbocycles. The minimum absolute atomic E-state index is 0.191. The minimum atomic E-state index is -3.60. The number of aryl methyl sites for hydroxylation is 1. The Morgan fingerprint density at radius 2 is 1.81 bits per heavy atom. The normalized spacial score (nSPS) is 22.2. The lowest BCUT2D eigenvalue weighted by molar-refractivity contribution is -0.623. The fourth-order valence-electron chi connectivity index (χ4n) is 6.14. The molecule has 2 aliphatic rings. The van der Waals surface area contributed by atoms with Gasteiger partial charge in [0.2, 0.25) is 15.7 Å². The molecule has 228 valence electrons. The molecule has 1 aliphatic heterocycles. The van der Waals surface area contributed by atoms with Crippen LogP contribution in [0.4, 0.5) is 0 Å². The molecule has 0 spiro atoms. The van der Waals surface area contributed by atoms with E-state index < -0.39 is 40.0 Å². The number of carbonyl (C=O) groups is 2. The van der Waals surface area contributed by atoms with Gasteiger partial charge in [0.05, 0.1) is 18.2 Å². The summed E-state index contributed by atoms with van der Waals surface area (Å²) in [6.07, 6.45) is 3.68. The zero-order valence-electron chi connectivity index (χ0n) is 23.6. The Morgan fingerprint density at radius 1 is 1.07 bits per heavy atom. The molecule has 0 radical (unpaired) electrons. The predicted molar refractivity (Wildman–Crippen MR) is 162 cm³/mol. The van der Waals surface area contributed by atoms with Crippen LogP contribution in [0.15, 0.2) is 60.7 Å². The summed E-state index contributed by atoms with van der Waals surface area (Å²) < 4.78 is 28.1. The van der Waals surface area contributed by atoms with E-state index >= 15 is 0 Å². The van der Waals surface area contributed by atoms with Gasteiger partial charge in [-0.25, -0.2) is 18.6 Å². The van der Waals surface area contributed by atoms with E-state index in [0.717, 1.165) is 23.8 Å². The maximum atomic E-state index is 14.3. The molecular formula is C30H32Cl2N4O6S. The van der Waals surface area contributed by atoms with Crippen molar-refractivity contribution in [3.05, 3.63) is 104 Å². The number of sulfonamides is 1. The Balaban J connectivity index is 1.59. The third-order valence-electron chi connectivity index (χ3n) is 7.99. The fourth-order valence-corrected chi connectivity index (χ4v) is 7.48. The quantitative estimate of drug-likeness (QED) is 0.213. The van der Waals surface area contributed by atoms with E-state index in [2.05, 4.69) is 10.2 Å². The second kappa shape index (κ2) is 12.8. The topological polar surface area (TPSA) is 132 Å². The summed E-state index contributed by atoms with van der Waals surface area (Å²) in [4.78, 5) is 35.5. The molecule has 1 aromatic heterocycles. The largest absolute Gasteiger partial charge is 0.618 e. The second-order valence-corrected chi connectivity index (χ2v) is 13.6. The van der Waals surface area contributed by atoms with E-state index in [1.54, 1.807) is 72.5 Å². The van der Waals surface area contributed by atoms with E-state index in [-0.39, 0.29) is 17.5 Å². The summed E-state index contributed by atoms with van der Waals surface area (Å²) in [5.41, 5.74) is 4.55. The Morgan fingerprint density at radius 3 is 2.56 bits per heavy atom. The van der Waals surface area contributed by atoms with Gasteiger partial charge in [0, 0.05) is 46.7 Å². The van der Waals surface area contributed by atoms with Gasteiger partial charge in [-0.1, -0.05) is 60.3 Å². The molecule has 1 saturated carbocycles. The molecule has 2 amide bonds. The van der Waals surface area contributed by atoms with E-state index in [4.69, 9.17) is 28.0 Å². The van der Waals surface area contributed by atoms with Crippen LogP contribution in [0.3, 0.4) is 0 Å². The zero-order chi connectivity index (χ0) is 30.9. The number of rotatable bonds is 8. The van der Waals surface area contributed by atoms with Gasteiger partial charge >= 0.3 is 0 Å². The van der Waals surface area contributed by atoms with Crippen molar-refractivity contribution in [2.75, 3.05) is 6.26 Å². The summed E-state index contributed by atoms with van der Waals surface area (Å²) in [7, 11) is -3.60. The lowest BCUT2D eigenvalue weighted by Gasteiger charge is -2.49. The summed E-state index contributed by atoms with van der Waals surface area (Å²) >= 11 is 13.0. The first-order valence-electron chi connectivity index (χ1n) is 13.9. The number of hydroxylamine groups is 1. The predicted octanol–water partition coefficient (Wildman–Crippen LogP) is 4.32. The van der Waals surface area contributed by atoms with Crippen LogP contribution < -0.4 is 14.9 Å². The molecule has 2 N–H and O–H groups in total. The molecule has 1 fully saturated rings. The number of nitrogens with one attached hydrogen (secondary N) is 2. The SMILES string of the molecule is Cc1cccc(CONC(=O)[C@@H]2c3ccccc3C(=O)N([C@H]3CCCC[C@@H]3NS(C)(=O)=O)[C@H]2c2ccc(Cl)cc2Cl)[n+]1[O-]. The smallest absolute Gasteiger partial charge is 0.255 e. The lowest BCUT2D eigenvalue weighted by Crippen LogP contribution is -2.59. The van der Waals surface area contributed by atoms with Crippen LogP contribution in [-0.2, 0) is 26.3 Å². The maximum absolute atomic E-state index is 14.3. The van der Waals surface area contributed by atoms with Crippen LogP contribution in [0.2, 0.25) is 10.0 Å². The first kappa shape index (κ1) is 31.2. The summed E-state index contributed by atoms with van der Waals surface area (Å²) in [6, 6.07) is 14.6. The Bertz CT molecular complexity index is 1650. The molecule has 0 unspecified atom stereocenters. The molecule has 0 saturated heterocycles. The van der Waals surface area contributed by atoms with Gasteiger partial charge in [0.1, 0.15) is 0 Å². The van der Waals surface area contributed by atoms with Crippen molar-refractivity contribution in [2.45, 2.75) is 63.3 Å². The number of aromatic nitrogens is 1. The fraction of sp³-hybridized carbons (Fsp3) is 0.367. The van der Waals surface area contributed by atoms with Gasteiger partial charge < -0.3 is 10.1 Å². The van der Waals surface area contributed by atoms with Crippen LogP contribution >= 0.6 is 23.2 Å². The standard InChI is InChI=1S/C30H32Cl2N4O6S/c1-18-8-7-9-20(36(18)39)17-42-33-29(37)27-21-10-3-4-11-22(21)30(38)35(28(27)23-15-14-19(31)16-24(23)32)26-13-6-5-12-25(26)34-43(2,40)41/h3-4,7-11,14-16,25-28,34H,5-6,12-13,17H2,1-2H3,(H,33,37)/t25-,26-,27+,28-/m0/s1. The average molecular weight is 648 g/mol. The number of carbonyl (C=O) groups excluding carboxylic acids is 2. The summed E-state index contributed by atoms with van der Waals surface area (Å²) in [5, 5.41) is 13.0. The number of nitrogens with zero attached hydrogens (tertiary/aromatic N) is 2. The Hall–Kier alpha value is -3.22. The van der Waals surface area contributed by atoms with Crippen LogP contribution in [0.1, 0.15) is 70.5 Å². The van der Waals surface area contributed by atoms with E-state index in [0.29, 0.717) is 45.9 Å². The molecule has 0 bridgehead atoms. The van der Waals surface area contributed by atoms with Gasteiger partial charge in [-0.3, -0.25) is 14.4 Å². The van der Waals surface area contributed by atoms with E-state index in [1.807, 2.05) is 0 Å². The molecule has 13 heteroatoms. The highest BCUT2D eigenvalue weighted by Gasteiger charge is 2.49. The molecule has 43 heavy (non-hydrogen) atoms. The van der Waals surface area contributed by atoms with Crippen molar-refractivity contribution < 1.29 is 27.6 Å². The second-order valence-electron chi connectivity index (χ2n) is 10.9. The first-order valence-corrected chi connectivity index (χ1v) is 16.5. The van der Waals surface area contributed by atoms with Gasteiger partial charge in [-0.15, -0.1) is 0 Å². The Labute approximate surface area is 260 Å². The lowest BCUT2D eigenvalue weighted by atomic mass is 9.76. The molecular weight excluding hydrogens is 615 g/mol. The highest BCUT2D eigenvalue weighted by molar-refractivity contribution is 7.88. The molecule has 3 aromatic rings. The van der Waals surface area contributed by atoms with Gasteiger partial charge in [-0.2, -0.15) is 4.73 Å². The molecule has 4 atom stereocenters. The Kier molecular flexibility index (Phi) is 9.29. The first-order chi connectivity index (χ1) is 20.5. The number of halogens is 2. The summed E-state index contributed by atoms with van der Waals surface area (Å²) in [6.45, 7) is 1.47. The number of hydrogen-bond acceptors (Lipinski definition) is 6. The highest BCUT2D eigenvalue weighted by Crippen LogP contribution is 2.47. The van der Waals surface area contributed by atoms with Crippen LogP contribution in [0, 0.1) is 12.1 Å². The number of fused-ring (bicyclic) bond motifs is 1. The summed E-state index contributed by atoms with van der Waals surface area (Å²) in [5.74, 6) is -1.89. The number of pyridine rings is 1. The van der Waals surface area contributed by atoms with Crippen LogP contribution in [0.25, 0.3) is 0 Å². The van der Waals surface area contributed by atoms with E-state index in [9.17, 15) is 23.2 Å². The monoisotopic (exact) mass is 646 g/mol. The van der Waals surface area contributed by atoms with E-state index in [1.165, 1.54) is 0 Å². The van der Waals surface area contributed by atoms with Crippen molar-refractivity contribution in [3.8, 4) is 0 Å². The van der Waals surface area contributed by atoms with Crippen molar-refractivity contribution >= 4 is 45.0 Å². The minimum Gasteiger partial charge on any atom is -0.618 e. The van der Waals surface area contributed by atoms with Crippen molar-refractivity contribution in [1.29, 1.82) is 0 Å². The number of benzene rings is 2. The number of amides is 2. The third kappa shape index (κ3) is 6.66. The van der Waals surface area contributed by atoms with Crippen LogP contribution in [0.5, 0.6) is 0 Å². The van der Waals surface area contributed by atoms with Gasteiger partial charge in [0.25, 0.3) is 11.8 Å².